The van der Waals surface area contributed by atoms with E-state index in [2.05, 4.69) is 10.1 Å². The topological polar surface area (TPSA) is 68.0 Å². The molecule has 5 nitrogen and oxygen atoms in total. The Hall–Kier alpha value is -2.17. The van der Waals surface area contributed by atoms with Gasteiger partial charge in [-0.05, 0) is 20.3 Å². The van der Waals surface area contributed by atoms with Crippen LogP contribution in [-0.2, 0) is 4.79 Å². The van der Waals surface area contributed by atoms with Gasteiger partial charge in [-0.3, -0.25) is 4.79 Å². The van der Waals surface area contributed by atoms with Crippen LogP contribution in [0.1, 0.15) is 45.0 Å². The van der Waals surface area contributed by atoms with Crippen molar-refractivity contribution in [2.24, 2.45) is 0 Å². The van der Waals surface area contributed by atoms with E-state index < -0.39 is 11.9 Å². The first kappa shape index (κ1) is 14.2. The zero-order chi connectivity index (χ0) is 14.7. The molecule has 1 heterocycles. The minimum Gasteiger partial charge on any atom is -0.481 e. The maximum Gasteiger partial charge on any atom is 0.314 e. The molecule has 2 rings (SSSR count). The van der Waals surface area contributed by atoms with Gasteiger partial charge >= 0.3 is 5.97 Å². The number of rotatable bonds is 5. The lowest BCUT2D eigenvalue weighted by Crippen LogP contribution is -2.18. The van der Waals surface area contributed by atoms with E-state index in [9.17, 15) is 9.90 Å². The molecule has 0 spiro atoms. The normalized spacial score (nSPS) is 12.6. The summed E-state index contributed by atoms with van der Waals surface area (Å²) in [5, 5.41) is 13.8. The molecule has 1 aromatic carbocycles. The Labute approximate surface area is 118 Å². The van der Waals surface area contributed by atoms with Crippen molar-refractivity contribution in [1.29, 1.82) is 0 Å². The van der Waals surface area contributed by atoms with Gasteiger partial charge in [0.2, 0.25) is 0 Å². The lowest BCUT2D eigenvalue weighted by Gasteiger charge is -2.13. The summed E-state index contributed by atoms with van der Waals surface area (Å²) in [6.45, 7) is 5.80. The van der Waals surface area contributed by atoms with E-state index >= 15 is 0 Å². The number of benzene rings is 1. The van der Waals surface area contributed by atoms with Gasteiger partial charge in [0.25, 0.3) is 0 Å². The van der Waals surface area contributed by atoms with Crippen LogP contribution >= 0.6 is 0 Å². The summed E-state index contributed by atoms with van der Waals surface area (Å²) < 4.78 is 1.71. The van der Waals surface area contributed by atoms with Gasteiger partial charge < -0.3 is 5.11 Å². The van der Waals surface area contributed by atoms with Gasteiger partial charge in [-0.1, -0.05) is 37.3 Å². The van der Waals surface area contributed by atoms with Crippen LogP contribution in [0.2, 0.25) is 0 Å². The van der Waals surface area contributed by atoms with Gasteiger partial charge in [-0.25, -0.2) is 9.67 Å². The van der Waals surface area contributed by atoms with Gasteiger partial charge in [0.15, 0.2) is 5.82 Å². The summed E-state index contributed by atoms with van der Waals surface area (Å²) in [7, 11) is 0. The predicted molar refractivity (Wildman–Crippen MR) is 76.5 cm³/mol. The molecule has 1 aromatic heterocycles. The molecule has 20 heavy (non-hydrogen) atoms. The Bertz CT molecular complexity index is 590. The van der Waals surface area contributed by atoms with Gasteiger partial charge in [-0.15, -0.1) is 0 Å². The van der Waals surface area contributed by atoms with Crippen molar-refractivity contribution in [3.63, 3.8) is 0 Å². The van der Waals surface area contributed by atoms with Crippen LogP contribution in [0.3, 0.4) is 0 Å². The first-order chi connectivity index (χ1) is 9.54. The molecule has 0 aliphatic carbocycles. The average molecular weight is 273 g/mol. The second-order valence-corrected chi connectivity index (χ2v) is 5.00. The van der Waals surface area contributed by atoms with Crippen LogP contribution in [0.5, 0.6) is 0 Å². The van der Waals surface area contributed by atoms with E-state index in [1.807, 2.05) is 51.1 Å². The highest BCUT2D eigenvalue weighted by Crippen LogP contribution is 2.24. The number of carboxylic acid groups (broad SMARTS) is 1. The number of aliphatic carboxylic acids is 1. The van der Waals surface area contributed by atoms with Crippen LogP contribution < -0.4 is 0 Å². The molecule has 5 heteroatoms. The van der Waals surface area contributed by atoms with Crippen LogP contribution in [0, 0.1) is 0 Å². The van der Waals surface area contributed by atoms with Crippen LogP contribution in [0.15, 0.2) is 30.3 Å². The molecule has 1 N–H and O–H groups in total. The van der Waals surface area contributed by atoms with Crippen molar-refractivity contribution < 1.29 is 9.90 Å². The fourth-order valence-corrected chi connectivity index (χ4v) is 2.13. The minimum atomic E-state index is -0.860. The third-order valence-electron chi connectivity index (χ3n) is 3.20. The maximum absolute atomic E-state index is 11.4. The van der Waals surface area contributed by atoms with Crippen molar-refractivity contribution in [1.82, 2.24) is 14.8 Å². The molecule has 0 aliphatic rings. The third kappa shape index (κ3) is 2.71. The first-order valence-electron chi connectivity index (χ1n) is 6.79. The Morgan fingerprint density at radius 1 is 1.30 bits per heavy atom. The fourth-order valence-electron chi connectivity index (χ4n) is 2.13. The van der Waals surface area contributed by atoms with E-state index in [4.69, 9.17) is 0 Å². The highest BCUT2D eigenvalue weighted by Gasteiger charge is 2.26. The number of hydrogen-bond donors (Lipinski definition) is 1. The molecule has 106 valence electrons. The van der Waals surface area contributed by atoms with Gasteiger partial charge in [-0.2, -0.15) is 5.10 Å². The summed E-state index contributed by atoms with van der Waals surface area (Å²) in [5.41, 5.74) is 0.897. The number of hydrogen-bond acceptors (Lipinski definition) is 3. The number of carboxylic acids is 1. The maximum atomic E-state index is 11.4. The Morgan fingerprint density at radius 2 is 1.95 bits per heavy atom. The van der Waals surface area contributed by atoms with E-state index in [0.29, 0.717) is 18.1 Å². The zero-order valence-electron chi connectivity index (χ0n) is 11.9. The molecule has 0 fully saturated rings. The van der Waals surface area contributed by atoms with E-state index in [0.717, 1.165) is 5.56 Å². The Kier molecular flexibility index (Phi) is 4.17. The summed E-state index contributed by atoms with van der Waals surface area (Å²) in [6, 6.07) is 9.68. The summed E-state index contributed by atoms with van der Waals surface area (Å²) >= 11 is 0. The fraction of sp³-hybridized carbons (Fsp3) is 0.400. The number of aromatic nitrogens is 3. The lowest BCUT2D eigenvalue weighted by molar-refractivity contribution is -0.139. The summed E-state index contributed by atoms with van der Waals surface area (Å²) in [6.07, 6.45) is 0.495. The van der Waals surface area contributed by atoms with Crippen molar-refractivity contribution in [3.05, 3.63) is 36.2 Å². The van der Waals surface area contributed by atoms with E-state index in [1.165, 1.54) is 0 Å². The van der Waals surface area contributed by atoms with Crippen molar-refractivity contribution in [2.75, 3.05) is 0 Å². The standard InChI is InChI=1S/C15H19N3O2/c1-4-12(15(19)20)14-16-13(17-18(14)10(2)3)11-8-6-5-7-9-11/h5-10,12H,4H2,1-3H3,(H,19,20). The molecule has 0 amide bonds. The quantitative estimate of drug-likeness (QED) is 0.908. The molecular weight excluding hydrogens is 254 g/mol. The molecule has 1 atom stereocenters. The van der Waals surface area contributed by atoms with Gasteiger partial charge in [0.1, 0.15) is 11.7 Å². The molecule has 0 saturated carbocycles. The zero-order valence-corrected chi connectivity index (χ0v) is 11.9. The molecule has 2 aromatic rings. The second kappa shape index (κ2) is 5.86. The first-order valence-corrected chi connectivity index (χ1v) is 6.79. The Balaban J connectivity index is 2.51. The highest BCUT2D eigenvalue weighted by molar-refractivity contribution is 5.75. The number of nitrogens with zero attached hydrogens (tertiary/aromatic N) is 3. The average Bonchev–Trinajstić information content (AvgIpc) is 2.85. The van der Waals surface area contributed by atoms with E-state index in [-0.39, 0.29) is 6.04 Å². The summed E-state index contributed by atoms with van der Waals surface area (Å²) in [5.74, 6) is -0.383. The lowest BCUT2D eigenvalue weighted by atomic mass is 10.1. The molecule has 0 radical (unpaired) electrons. The largest absolute Gasteiger partial charge is 0.481 e. The van der Waals surface area contributed by atoms with E-state index in [1.54, 1.807) is 4.68 Å². The number of carbonyl (C=O) groups is 1. The van der Waals surface area contributed by atoms with Crippen molar-refractivity contribution in [2.45, 2.75) is 39.2 Å². The summed E-state index contributed by atoms with van der Waals surface area (Å²) in [4.78, 5) is 15.8. The van der Waals surface area contributed by atoms with Gasteiger partial charge in [0.05, 0.1) is 0 Å². The monoisotopic (exact) mass is 273 g/mol. The van der Waals surface area contributed by atoms with Gasteiger partial charge in [0, 0.05) is 11.6 Å². The van der Waals surface area contributed by atoms with Crippen LogP contribution in [0.4, 0.5) is 0 Å². The molecular formula is C15H19N3O2. The molecule has 1 unspecified atom stereocenters. The smallest absolute Gasteiger partial charge is 0.314 e. The van der Waals surface area contributed by atoms with Crippen LogP contribution in [0.25, 0.3) is 11.4 Å². The SMILES string of the molecule is CCC(C(=O)O)c1nc(-c2ccccc2)nn1C(C)C. The minimum absolute atomic E-state index is 0.0726. The van der Waals surface area contributed by atoms with Crippen LogP contribution in [-0.4, -0.2) is 25.8 Å². The molecule has 0 saturated heterocycles. The Morgan fingerprint density at radius 3 is 2.45 bits per heavy atom. The van der Waals surface area contributed by atoms with Crippen molar-refractivity contribution in [3.8, 4) is 11.4 Å². The molecule has 0 bridgehead atoms. The highest BCUT2D eigenvalue weighted by atomic mass is 16.4. The van der Waals surface area contributed by atoms with Crippen molar-refractivity contribution >= 4 is 5.97 Å². The molecule has 0 aliphatic heterocycles. The predicted octanol–water partition coefficient (Wildman–Crippen LogP) is 3.10. The second-order valence-electron chi connectivity index (χ2n) is 5.00. The third-order valence-corrected chi connectivity index (χ3v) is 3.20.